The summed E-state index contributed by atoms with van der Waals surface area (Å²) in [5.74, 6) is -0.950. The van der Waals surface area contributed by atoms with Crippen LogP contribution >= 0.6 is 0 Å². The van der Waals surface area contributed by atoms with E-state index in [0.29, 0.717) is 5.56 Å². The zero-order valence-corrected chi connectivity index (χ0v) is 11.7. The number of hydrogen-bond acceptors (Lipinski definition) is 3. The lowest BCUT2D eigenvalue weighted by Crippen LogP contribution is -2.25. The van der Waals surface area contributed by atoms with Crippen molar-refractivity contribution in [3.63, 3.8) is 0 Å². The second-order valence-corrected chi connectivity index (χ2v) is 6.91. The smallest absolute Gasteiger partial charge is 0.335 e. The Hall–Kier alpha value is -1.33. The number of rotatable bonds is 3. The van der Waals surface area contributed by atoms with E-state index in [0.717, 1.165) is 5.56 Å². The first kappa shape index (κ1) is 14.7. The van der Waals surface area contributed by atoms with Gasteiger partial charge in [0.05, 0.1) is 11.8 Å². The van der Waals surface area contributed by atoms with Crippen molar-refractivity contribution in [2.75, 3.05) is 0 Å². The van der Waals surface area contributed by atoms with Crippen molar-refractivity contribution in [2.45, 2.75) is 32.4 Å². The van der Waals surface area contributed by atoms with Gasteiger partial charge >= 0.3 is 5.97 Å². The van der Waals surface area contributed by atoms with Crippen LogP contribution in [0.5, 0.6) is 0 Å². The number of benzene rings is 1. The first-order valence-corrected chi connectivity index (χ1v) is 6.62. The molecule has 0 spiro atoms. The quantitative estimate of drug-likeness (QED) is 0.675. The van der Waals surface area contributed by atoms with E-state index < -0.39 is 22.1 Å². The molecule has 0 bridgehead atoms. The Bertz CT molecular complexity index is 478. The monoisotopic (exact) mass is 267 g/mol. The minimum atomic E-state index is -1.31. The van der Waals surface area contributed by atoms with Gasteiger partial charge in [0.25, 0.3) is 0 Å². The Labute approximate surface area is 110 Å². The molecule has 18 heavy (non-hydrogen) atoms. The van der Waals surface area contributed by atoms with E-state index in [1.54, 1.807) is 19.1 Å². The van der Waals surface area contributed by atoms with Gasteiger partial charge in [-0.15, -0.1) is 0 Å². The molecule has 5 heteroatoms. The summed E-state index contributed by atoms with van der Waals surface area (Å²) in [7, 11) is 0. The molecule has 1 aromatic carbocycles. The van der Waals surface area contributed by atoms with Gasteiger partial charge in [-0.05, 0) is 51.0 Å². The highest BCUT2D eigenvalue weighted by Crippen LogP contribution is 2.17. The van der Waals surface area contributed by atoms with Gasteiger partial charge in [-0.2, -0.15) is 0 Å². The third-order valence-corrected chi connectivity index (χ3v) is 3.65. The lowest BCUT2D eigenvalue weighted by molar-refractivity contribution is 0.0696. The van der Waals surface area contributed by atoms with Crippen molar-refractivity contribution in [1.29, 1.82) is 0 Å². The van der Waals surface area contributed by atoms with Gasteiger partial charge in [0.1, 0.15) is 16.1 Å². The van der Waals surface area contributed by atoms with Crippen molar-refractivity contribution in [2.24, 2.45) is 4.40 Å². The molecule has 0 aromatic heterocycles. The minimum absolute atomic E-state index is 0.268. The molecule has 0 saturated carbocycles. The summed E-state index contributed by atoms with van der Waals surface area (Å²) in [6.45, 7) is 7.26. The maximum Gasteiger partial charge on any atom is 0.335 e. The molecule has 1 rings (SSSR count). The van der Waals surface area contributed by atoms with E-state index >= 15 is 0 Å². The van der Waals surface area contributed by atoms with Crippen molar-refractivity contribution in [3.8, 4) is 0 Å². The van der Waals surface area contributed by atoms with Crippen molar-refractivity contribution < 1.29 is 14.5 Å². The highest BCUT2D eigenvalue weighted by molar-refractivity contribution is 7.91. The summed E-state index contributed by atoms with van der Waals surface area (Å²) >= 11 is -1.31. The highest BCUT2D eigenvalue weighted by atomic mass is 32.2. The minimum Gasteiger partial charge on any atom is -0.591 e. The molecule has 1 N–H and O–H groups in total. The lowest BCUT2D eigenvalue weighted by Gasteiger charge is -2.17. The predicted molar refractivity (Wildman–Crippen MR) is 73.6 cm³/mol. The molecule has 0 aliphatic rings. The first-order chi connectivity index (χ1) is 8.21. The lowest BCUT2D eigenvalue weighted by atomic mass is 10.1. The van der Waals surface area contributed by atoms with E-state index in [9.17, 15) is 9.35 Å². The van der Waals surface area contributed by atoms with Crippen LogP contribution in [0.15, 0.2) is 22.6 Å². The van der Waals surface area contributed by atoms with E-state index in [4.69, 9.17) is 5.11 Å². The van der Waals surface area contributed by atoms with E-state index in [1.165, 1.54) is 12.3 Å². The third kappa shape index (κ3) is 3.85. The Kier molecular flexibility index (Phi) is 4.53. The zero-order valence-electron chi connectivity index (χ0n) is 10.9. The average molecular weight is 267 g/mol. The first-order valence-electron chi connectivity index (χ1n) is 5.52. The number of aryl methyl sites for hydroxylation is 1. The topological polar surface area (TPSA) is 72.7 Å². The van der Waals surface area contributed by atoms with Crippen molar-refractivity contribution in [1.82, 2.24) is 0 Å². The summed E-state index contributed by atoms with van der Waals surface area (Å²) in [4.78, 5) is 10.8. The number of carboxylic acid groups (broad SMARTS) is 1. The van der Waals surface area contributed by atoms with Crippen LogP contribution in [0.4, 0.5) is 0 Å². The molecule has 1 aromatic rings. The summed E-state index contributed by atoms with van der Waals surface area (Å²) in [6, 6.07) is 4.89. The van der Waals surface area contributed by atoms with E-state index in [1.807, 2.05) is 20.8 Å². The van der Waals surface area contributed by atoms with Crippen LogP contribution in [0.1, 0.15) is 42.3 Å². The molecule has 0 fully saturated rings. The Morgan fingerprint density at radius 1 is 1.44 bits per heavy atom. The van der Waals surface area contributed by atoms with Crippen LogP contribution in [0.3, 0.4) is 0 Å². The third-order valence-electron chi connectivity index (χ3n) is 2.30. The summed E-state index contributed by atoms with van der Waals surface area (Å²) < 4.78 is 15.3. The predicted octanol–water partition coefficient (Wildman–Crippen LogP) is 2.57. The fourth-order valence-corrected chi connectivity index (χ4v) is 1.81. The fourth-order valence-electron chi connectivity index (χ4n) is 1.27. The molecular weight excluding hydrogens is 250 g/mol. The molecule has 4 nitrogen and oxygen atoms in total. The molecular formula is C13H17NO3S. The number of nitrogens with zero attached hydrogens (tertiary/aromatic N) is 1. The van der Waals surface area contributed by atoms with Gasteiger partial charge in [0.15, 0.2) is 0 Å². The van der Waals surface area contributed by atoms with Gasteiger partial charge in [-0.1, -0.05) is 10.5 Å². The molecule has 0 radical (unpaired) electrons. The fraction of sp³-hybridized carbons (Fsp3) is 0.385. The SMILES string of the molecule is Cc1cc(C=N[S+]([O-])C(C)(C)C)ccc1C(=O)O. The van der Waals surface area contributed by atoms with Crippen LogP contribution in [0, 0.1) is 6.92 Å². The maximum atomic E-state index is 11.7. The molecule has 98 valence electrons. The molecule has 0 amide bonds. The van der Waals surface area contributed by atoms with E-state index in [-0.39, 0.29) is 5.56 Å². The zero-order chi connectivity index (χ0) is 13.9. The van der Waals surface area contributed by atoms with Gasteiger partial charge in [0, 0.05) is 0 Å². The van der Waals surface area contributed by atoms with Crippen LogP contribution in [-0.2, 0) is 11.4 Å². The highest BCUT2D eigenvalue weighted by Gasteiger charge is 2.25. The Morgan fingerprint density at radius 3 is 2.50 bits per heavy atom. The average Bonchev–Trinajstić information content (AvgIpc) is 2.24. The van der Waals surface area contributed by atoms with Crippen LogP contribution in [-0.4, -0.2) is 26.6 Å². The van der Waals surface area contributed by atoms with E-state index in [2.05, 4.69) is 4.40 Å². The number of carboxylic acids is 1. The molecule has 0 saturated heterocycles. The molecule has 0 aliphatic heterocycles. The molecule has 0 aliphatic carbocycles. The summed E-state index contributed by atoms with van der Waals surface area (Å²) in [5, 5.41) is 8.90. The Balaban J connectivity index is 2.90. The van der Waals surface area contributed by atoms with Gasteiger partial charge in [0.2, 0.25) is 0 Å². The molecule has 1 atom stereocenters. The van der Waals surface area contributed by atoms with Crippen LogP contribution in [0.25, 0.3) is 0 Å². The second kappa shape index (κ2) is 5.54. The van der Waals surface area contributed by atoms with Crippen LogP contribution in [0.2, 0.25) is 0 Å². The number of carbonyl (C=O) groups is 1. The van der Waals surface area contributed by atoms with Gasteiger partial charge in [-0.3, -0.25) is 0 Å². The number of hydrogen-bond donors (Lipinski definition) is 1. The molecule has 1 unspecified atom stereocenters. The largest absolute Gasteiger partial charge is 0.591 e. The van der Waals surface area contributed by atoms with Gasteiger partial charge in [-0.25, -0.2) is 4.79 Å². The normalized spacial score (nSPS) is 13.8. The summed E-state index contributed by atoms with van der Waals surface area (Å²) in [5.41, 5.74) is 1.67. The van der Waals surface area contributed by atoms with Crippen molar-refractivity contribution in [3.05, 3.63) is 34.9 Å². The van der Waals surface area contributed by atoms with Crippen LogP contribution < -0.4 is 0 Å². The van der Waals surface area contributed by atoms with Gasteiger partial charge < -0.3 is 9.66 Å². The number of aromatic carboxylic acids is 1. The second-order valence-electron chi connectivity index (χ2n) is 4.98. The Morgan fingerprint density at radius 2 is 2.06 bits per heavy atom. The molecule has 0 heterocycles. The van der Waals surface area contributed by atoms with Crippen molar-refractivity contribution >= 4 is 23.5 Å². The maximum absolute atomic E-state index is 11.7. The standard InChI is InChI=1S/C13H17NO3S/c1-9-7-10(5-6-11(9)12(15)16)8-14-18(17)13(2,3)4/h5-8H,1-4H3,(H,15,16). The summed E-state index contributed by atoms with van der Waals surface area (Å²) in [6.07, 6.45) is 1.51.